The molecule has 2 aliphatic heterocycles. The van der Waals surface area contributed by atoms with Gasteiger partial charge < -0.3 is 18.6 Å². The van der Waals surface area contributed by atoms with Crippen molar-refractivity contribution in [1.82, 2.24) is 0 Å². The molecule has 20 aromatic carbocycles. The number of hydrogen-bond acceptors (Lipinski definition) is 4. The van der Waals surface area contributed by atoms with Crippen LogP contribution in [0.5, 0.6) is 0 Å². The molecule has 0 unspecified atom stereocenters. The molecule has 123 heavy (non-hydrogen) atoms. The maximum atomic E-state index is 8.00. The van der Waals surface area contributed by atoms with Gasteiger partial charge in [-0.25, -0.2) is 0 Å². The zero-order valence-corrected chi connectivity index (χ0v) is 69.3. The Morgan fingerprint density at radius 2 is 0.472 bits per heavy atom. The minimum atomic E-state index is -0.426. The first-order valence-electron chi connectivity index (χ1n) is 39.6. The van der Waals surface area contributed by atoms with E-state index in [0.29, 0.717) is 7.69 Å². The summed E-state index contributed by atoms with van der Waals surface area (Å²) in [5.74, 6) is 0. The van der Waals surface area contributed by atoms with E-state index in [-0.39, 0.29) is 20.6 Å². The van der Waals surface area contributed by atoms with Crippen LogP contribution in [0.25, 0.3) is 218 Å². The minimum absolute atomic E-state index is 0. The van der Waals surface area contributed by atoms with E-state index in [9.17, 15) is 0 Å². The van der Waals surface area contributed by atoms with Gasteiger partial charge in [0.05, 0.1) is 22.4 Å². The highest BCUT2D eigenvalue weighted by atomic mass is 79.9. The summed E-state index contributed by atoms with van der Waals surface area (Å²) in [4.78, 5) is 0. The normalized spacial score (nSPS) is 14.2. The van der Waals surface area contributed by atoms with Gasteiger partial charge in [0.15, 0.2) is 0 Å². The summed E-state index contributed by atoms with van der Waals surface area (Å²) < 4.78 is 105. The Labute approximate surface area is 709 Å². The van der Waals surface area contributed by atoms with Gasteiger partial charge in [0.1, 0.15) is 0 Å². The van der Waals surface area contributed by atoms with Crippen LogP contribution in [0.4, 0.5) is 55.2 Å². The van der Waals surface area contributed by atoms with Gasteiger partial charge in [-0.1, -0.05) is 289 Å². The van der Waals surface area contributed by atoms with Gasteiger partial charge in [-0.15, -0.1) is 0 Å². The van der Waals surface area contributed by atoms with E-state index >= 15 is 0 Å². The molecule has 0 spiro atoms. The van der Waals surface area contributed by atoms with Crippen LogP contribution in [0.1, 0.15) is 55.4 Å². The fraction of sp³-hybridized carbons (Fsp3) is 0.115. The predicted octanol–water partition coefficient (Wildman–Crippen LogP) is 32.5. The number of halogens is 13. The van der Waals surface area contributed by atoms with E-state index in [1.165, 1.54) is 218 Å². The largest absolute Gasteiger partial charge is 0.495 e. The first-order chi connectivity index (χ1) is 59.0. The van der Waals surface area contributed by atoms with Crippen molar-refractivity contribution in [2.75, 3.05) is 0 Å². The van der Waals surface area contributed by atoms with Crippen molar-refractivity contribution in [1.29, 1.82) is 0 Å². The Balaban J connectivity index is 0.000000158. The van der Waals surface area contributed by atoms with Crippen molar-refractivity contribution in [2.45, 2.75) is 77.8 Å². The van der Waals surface area contributed by atoms with Gasteiger partial charge in [0.2, 0.25) is 0 Å². The minimum Gasteiger partial charge on any atom is -0.406 e. The van der Waals surface area contributed by atoms with Gasteiger partial charge in [-0.05, 0) is 309 Å². The van der Waals surface area contributed by atoms with Gasteiger partial charge >= 0.3 is 14.8 Å². The molecule has 2 fully saturated rings. The van der Waals surface area contributed by atoms with Crippen LogP contribution >= 0.6 is 15.9 Å². The molecule has 0 radical (unpaired) electrons. The standard InChI is InChI=1S/C52H37BO2.C46H25Br.C6H13BO2.5F2.2FH/c1-51(2)52(3,4)55-53(54-51)45-27-26-35-37-23-25-39-42-29-44-43(28-41(42)38-24-22-36(49(37)50(38)39)34-20-13-21-40(45)48(34)35)46(30-14-7-5-8-15-30)32-18-11-12-19-33(32)47(44)31-16-9-6-10-17-31;47-41-23-22-31-33-19-21-35-38-25-40-39(24-37(38)34-20-18-32(45(33)46(34)35)30-16-9-17-36(41)44(30)31)42(26-10-3-1-4-11-26)28-14-7-8-15-29(28)43(40)27-12-5-2-6-13-27;1-5(2)6(3,4)9-7-8-5;5*1-2;;/h5-29H,1-4H3;1-25H;7H,1-4H3;;;;;;2*1H. The third kappa shape index (κ3) is 13.4. The Kier molecular flexibility index (Phi) is 23.5. The lowest BCUT2D eigenvalue weighted by Gasteiger charge is -2.32. The highest BCUT2D eigenvalue weighted by molar-refractivity contribution is 9.10. The zero-order chi connectivity index (χ0) is 84.7. The quantitative estimate of drug-likeness (QED) is 0.0745. The summed E-state index contributed by atoms with van der Waals surface area (Å²) in [6.45, 7) is 16.7. The molecule has 2 heterocycles. The Bertz CT molecular complexity index is 7060. The summed E-state index contributed by atoms with van der Waals surface area (Å²) in [7, 11) is 0.00406. The van der Waals surface area contributed by atoms with Crippen LogP contribution in [0.15, 0.2) is 308 Å². The smallest absolute Gasteiger partial charge is 0.406 e. The molecule has 0 aromatic heterocycles. The molecule has 0 atom stereocenters. The molecule has 4 nitrogen and oxygen atoms in total. The summed E-state index contributed by atoms with van der Waals surface area (Å²) >= 11 is 3.83. The van der Waals surface area contributed by atoms with Crippen LogP contribution in [0.3, 0.4) is 0 Å². The maximum Gasteiger partial charge on any atom is 0.495 e. The second kappa shape index (κ2) is 33.8. The number of rotatable bonds is 5. The molecule has 19 heteroatoms. The van der Waals surface area contributed by atoms with Crippen LogP contribution in [0.2, 0.25) is 0 Å². The van der Waals surface area contributed by atoms with E-state index in [1.54, 1.807) is 0 Å². The molecule has 2 aliphatic carbocycles. The Morgan fingerprint density at radius 1 is 0.228 bits per heavy atom. The lowest BCUT2D eigenvalue weighted by molar-refractivity contribution is 0.00578. The second-order valence-electron chi connectivity index (χ2n) is 32.9. The van der Waals surface area contributed by atoms with Gasteiger partial charge in [0, 0.05) is 50.2 Å². The van der Waals surface area contributed by atoms with E-state index in [1.807, 2.05) is 27.7 Å². The van der Waals surface area contributed by atoms with Gasteiger partial charge in [-0.3, -0.25) is 9.41 Å². The average molecular weight is 1720 g/mol. The predicted molar refractivity (Wildman–Crippen MR) is 493 cm³/mol. The van der Waals surface area contributed by atoms with Crippen LogP contribution in [0, 0.1) is 0 Å². The summed E-state index contributed by atoms with van der Waals surface area (Å²) in [6, 6.07) is 113. The van der Waals surface area contributed by atoms with E-state index < -0.39 is 18.3 Å². The number of benzene rings is 20. The third-order valence-electron chi connectivity index (χ3n) is 26.1. The van der Waals surface area contributed by atoms with Gasteiger partial charge in [0.25, 0.3) is 0 Å². The van der Waals surface area contributed by atoms with E-state index in [2.05, 4.69) is 347 Å². The first kappa shape index (κ1) is 85.6. The van der Waals surface area contributed by atoms with Crippen molar-refractivity contribution in [3.05, 3.63) is 308 Å². The van der Waals surface area contributed by atoms with Crippen molar-refractivity contribution in [2.24, 2.45) is 0 Å². The average Bonchev–Trinajstić information content (AvgIpc) is 1.57. The van der Waals surface area contributed by atoms with Crippen molar-refractivity contribution in [3.8, 4) is 89.0 Å². The van der Waals surface area contributed by atoms with E-state index in [0.717, 1.165) is 9.94 Å². The molecule has 24 rings (SSSR count). The van der Waals surface area contributed by atoms with Crippen molar-refractivity contribution in [3.63, 3.8) is 0 Å². The molecule has 614 valence electrons. The molecule has 20 aromatic rings. The fourth-order valence-corrected chi connectivity index (χ4v) is 19.8. The van der Waals surface area contributed by atoms with Crippen LogP contribution < -0.4 is 5.46 Å². The maximum absolute atomic E-state index is 8.00. The molecule has 0 N–H and O–H groups in total. The van der Waals surface area contributed by atoms with Crippen molar-refractivity contribution >= 4 is 165 Å². The Morgan fingerprint density at radius 3 is 0.772 bits per heavy atom. The van der Waals surface area contributed by atoms with Crippen molar-refractivity contribution < 1.29 is 73.8 Å². The molecule has 0 amide bonds. The number of hydrogen-bond donors (Lipinski definition) is 0. The fourth-order valence-electron chi connectivity index (χ4n) is 19.3. The Hall–Kier alpha value is -12.4. The topological polar surface area (TPSA) is 36.9 Å². The lowest BCUT2D eigenvalue weighted by atomic mass is 9.74. The highest BCUT2D eigenvalue weighted by Crippen LogP contribution is 2.59. The molecule has 0 bridgehead atoms. The SMILES string of the molecule is Brc1ccc2c3ccc4c5c(ccc(c6cccc1c62)c53)-c1cc2c(-c3ccccc3)c3ccccc3c(-c3ccccc3)c2cc1-4.CC1(C)OB(c2ccc3c4ccc5c6c(ccc(c7cccc2c73)c64)-c2cc3c(-c4ccccc4)c4ccccc4c(-c4ccccc4)c3cc2-5)OC1(C)C.CC1(C)OBOC1(C)C.F.F.FF.FF.FF.FF.FF. The molecular weight excluding hydrogens is 1640 g/mol. The second-order valence-corrected chi connectivity index (χ2v) is 33.7. The van der Waals surface area contributed by atoms with E-state index in [4.69, 9.17) is 64.4 Å². The molecule has 2 saturated heterocycles. The lowest BCUT2D eigenvalue weighted by Crippen LogP contribution is -2.41. The van der Waals surface area contributed by atoms with Crippen LogP contribution in [-0.4, -0.2) is 37.2 Å². The highest BCUT2D eigenvalue weighted by Gasteiger charge is 2.52. The van der Waals surface area contributed by atoms with Crippen LogP contribution in [-0.2, 0) is 18.6 Å². The monoisotopic (exact) mass is 1720 g/mol. The van der Waals surface area contributed by atoms with Gasteiger partial charge in [-0.2, -0.15) is 0 Å². The summed E-state index contributed by atoms with van der Waals surface area (Å²) in [5, 5.41) is 31.2. The molecule has 4 aliphatic rings. The molecule has 0 saturated carbocycles. The third-order valence-corrected chi connectivity index (χ3v) is 26.8. The summed E-state index contributed by atoms with van der Waals surface area (Å²) in [5.41, 5.74) is 20.7. The summed E-state index contributed by atoms with van der Waals surface area (Å²) in [6.07, 6.45) is 0. The zero-order valence-electron chi connectivity index (χ0n) is 67.8. The molecular formula is C104H77B2BrF12O4. The number of fused-ring (bicyclic) bond motifs is 14. The first-order valence-corrected chi connectivity index (χ1v) is 40.4.